The number of carbonyl (C=O) groups excluding carboxylic acids is 4. The normalized spacial score (nSPS) is 13.3. The molecule has 1 aromatic carbocycles. The summed E-state index contributed by atoms with van der Waals surface area (Å²) >= 11 is 0. The topological polar surface area (TPSA) is 105 Å². The Labute approximate surface area is 171 Å². The van der Waals surface area contributed by atoms with E-state index in [1.165, 1.54) is 0 Å². The van der Waals surface area contributed by atoms with Gasteiger partial charge in [-0.1, -0.05) is 26.2 Å². The van der Waals surface area contributed by atoms with Crippen LogP contribution >= 0.6 is 0 Å². The molecule has 8 nitrogen and oxygen atoms in total. The molecule has 0 atom stereocenters. The lowest BCUT2D eigenvalue weighted by molar-refractivity contribution is -0.147. The molecule has 1 fully saturated rings. The number of ether oxygens (including phenoxy) is 1. The van der Waals surface area contributed by atoms with Crippen molar-refractivity contribution >= 4 is 29.4 Å². The molecule has 1 saturated heterocycles. The van der Waals surface area contributed by atoms with Crippen molar-refractivity contribution in [3.8, 4) is 0 Å². The van der Waals surface area contributed by atoms with Crippen molar-refractivity contribution in [2.45, 2.75) is 45.4 Å². The van der Waals surface area contributed by atoms with E-state index >= 15 is 0 Å². The summed E-state index contributed by atoms with van der Waals surface area (Å²) in [6, 6.07) is 6.63. The highest BCUT2D eigenvalue weighted by Crippen LogP contribution is 2.21. The Morgan fingerprint density at radius 1 is 1.07 bits per heavy atom. The minimum absolute atomic E-state index is 0.0787. The van der Waals surface area contributed by atoms with Gasteiger partial charge in [0, 0.05) is 30.8 Å². The second-order valence-electron chi connectivity index (χ2n) is 6.95. The van der Waals surface area contributed by atoms with E-state index in [0.717, 1.165) is 37.8 Å². The average molecular weight is 403 g/mol. The maximum atomic E-state index is 12.1. The Kier molecular flexibility index (Phi) is 9.14. The molecule has 0 radical (unpaired) electrons. The quantitative estimate of drug-likeness (QED) is 0.433. The first-order valence-electron chi connectivity index (χ1n) is 10.1. The van der Waals surface area contributed by atoms with Crippen molar-refractivity contribution in [2.24, 2.45) is 0 Å². The summed E-state index contributed by atoms with van der Waals surface area (Å²) in [5.74, 6) is -1.39. The van der Waals surface area contributed by atoms with Gasteiger partial charge in [0.2, 0.25) is 5.91 Å². The Bertz CT molecular complexity index is 718. The third-order valence-corrected chi connectivity index (χ3v) is 4.62. The fourth-order valence-electron chi connectivity index (χ4n) is 3.00. The Balaban J connectivity index is 1.65. The number of benzene rings is 1. The Morgan fingerprint density at radius 2 is 1.83 bits per heavy atom. The van der Waals surface area contributed by atoms with Gasteiger partial charge >= 0.3 is 5.97 Å². The Morgan fingerprint density at radius 3 is 2.48 bits per heavy atom. The van der Waals surface area contributed by atoms with E-state index in [4.69, 9.17) is 4.74 Å². The van der Waals surface area contributed by atoms with Crippen LogP contribution in [-0.4, -0.2) is 49.9 Å². The number of carbonyl (C=O) groups is 4. The first-order chi connectivity index (χ1) is 14.0. The van der Waals surface area contributed by atoms with Gasteiger partial charge in [-0.3, -0.25) is 19.2 Å². The van der Waals surface area contributed by atoms with Crippen molar-refractivity contribution < 1.29 is 23.9 Å². The van der Waals surface area contributed by atoms with Crippen LogP contribution in [0.4, 0.5) is 5.69 Å². The predicted molar refractivity (Wildman–Crippen MR) is 108 cm³/mol. The summed E-state index contributed by atoms with van der Waals surface area (Å²) in [5, 5.41) is 5.15. The fourth-order valence-corrected chi connectivity index (χ4v) is 3.00. The molecule has 1 aliphatic rings. The van der Waals surface area contributed by atoms with E-state index in [2.05, 4.69) is 17.6 Å². The number of rotatable bonds is 11. The van der Waals surface area contributed by atoms with Crippen molar-refractivity contribution in [2.75, 3.05) is 31.1 Å². The van der Waals surface area contributed by atoms with E-state index in [1.807, 2.05) is 0 Å². The molecule has 1 heterocycles. The van der Waals surface area contributed by atoms with Crippen LogP contribution < -0.4 is 15.5 Å². The molecule has 2 rings (SSSR count). The van der Waals surface area contributed by atoms with Gasteiger partial charge in [-0.05, 0) is 37.1 Å². The lowest BCUT2D eigenvalue weighted by atomic mass is 10.2. The SMILES string of the molecule is CCCCCCNC(=O)COC(=O)CNC(=O)c1ccc(N2CCCC2=O)cc1. The van der Waals surface area contributed by atoms with Crippen molar-refractivity contribution in [3.63, 3.8) is 0 Å². The van der Waals surface area contributed by atoms with E-state index in [0.29, 0.717) is 25.1 Å². The minimum atomic E-state index is -0.682. The summed E-state index contributed by atoms with van der Waals surface area (Å²) in [4.78, 5) is 48.9. The maximum Gasteiger partial charge on any atom is 0.325 e. The zero-order valence-electron chi connectivity index (χ0n) is 16.9. The first-order valence-corrected chi connectivity index (χ1v) is 10.1. The van der Waals surface area contributed by atoms with Gasteiger partial charge in [-0.2, -0.15) is 0 Å². The number of nitrogens with one attached hydrogen (secondary N) is 2. The molecular weight excluding hydrogens is 374 g/mol. The third-order valence-electron chi connectivity index (χ3n) is 4.62. The highest BCUT2D eigenvalue weighted by atomic mass is 16.5. The predicted octanol–water partition coefficient (Wildman–Crippen LogP) is 1.78. The van der Waals surface area contributed by atoms with Gasteiger partial charge in [0.15, 0.2) is 6.61 Å². The first kappa shape index (κ1) is 22.4. The smallest absolute Gasteiger partial charge is 0.325 e. The molecule has 1 aliphatic heterocycles. The van der Waals surface area contributed by atoms with Crippen molar-refractivity contribution in [1.82, 2.24) is 10.6 Å². The van der Waals surface area contributed by atoms with Crippen LogP contribution in [0.1, 0.15) is 55.8 Å². The zero-order chi connectivity index (χ0) is 21.1. The van der Waals surface area contributed by atoms with Crippen molar-refractivity contribution in [1.29, 1.82) is 0 Å². The molecule has 0 aromatic heterocycles. The van der Waals surface area contributed by atoms with Crippen LogP contribution in [0.15, 0.2) is 24.3 Å². The average Bonchev–Trinajstić information content (AvgIpc) is 3.16. The molecule has 0 bridgehead atoms. The molecule has 158 valence electrons. The molecule has 29 heavy (non-hydrogen) atoms. The van der Waals surface area contributed by atoms with Gasteiger partial charge < -0.3 is 20.3 Å². The summed E-state index contributed by atoms with van der Waals surface area (Å²) in [7, 11) is 0. The van der Waals surface area contributed by atoms with E-state index in [-0.39, 0.29) is 25.0 Å². The van der Waals surface area contributed by atoms with Crippen LogP contribution in [0.3, 0.4) is 0 Å². The third kappa shape index (κ3) is 7.56. The molecule has 0 saturated carbocycles. The number of hydrogen-bond acceptors (Lipinski definition) is 5. The highest BCUT2D eigenvalue weighted by Gasteiger charge is 2.21. The van der Waals surface area contributed by atoms with E-state index in [9.17, 15) is 19.2 Å². The second kappa shape index (κ2) is 11.8. The summed E-state index contributed by atoms with van der Waals surface area (Å²) < 4.78 is 4.86. The van der Waals surface area contributed by atoms with Crippen LogP contribution in [0.5, 0.6) is 0 Å². The lowest BCUT2D eigenvalue weighted by Crippen LogP contribution is -2.34. The largest absolute Gasteiger partial charge is 0.454 e. The summed E-state index contributed by atoms with van der Waals surface area (Å²) in [6.45, 7) is 2.67. The molecular formula is C21H29N3O5. The van der Waals surface area contributed by atoms with E-state index in [1.54, 1.807) is 29.2 Å². The van der Waals surface area contributed by atoms with Gasteiger partial charge in [-0.15, -0.1) is 0 Å². The van der Waals surface area contributed by atoms with Crippen molar-refractivity contribution in [3.05, 3.63) is 29.8 Å². The highest BCUT2D eigenvalue weighted by molar-refractivity contribution is 5.98. The summed E-state index contributed by atoms with van der Waals surface area (Å²) in [6.07, 6.45) is 5.58. The Hall–Kier alpha value is -2.90. The van der Waals surface area contributed by atoms with Crippen LogP contribution in [0, 0.1) is 0 Å². The monoisotopic (exact) mass is 403 g/mol. The van der Waals surface area contributed by atoms with Gasteiger partial charge in [-0.25, -0.2) is 0 Å². The number of nitrogens with zero attached hydrogens (tertiary/aromatic N) is 1. The molecule has 1 aromatic rings. The van der Waals surface area contributed by atoms with Gasteiger partial charge in [0.25, 0.3) is 11.8 Å². The molecule has 3 amide bonds. The fraction of sp³-hybridized carbons (Fsp3) is 0.524. The standard InChI is InChI=1S/C21H29N3O5/c1-2-3-4-5-12-22-18(25)15-29-20(27)14-23-21(28)16-8-10-17(11-9-16)24-13-6-7-19(24)26/h8-11H,2-7,12-15H2,1H3,(H,22,25)(H,23,28). The zero-order valence-corrected chi connectivity index (χ0v) is 16.9. The molecule has 0 unspecified atom stereocenters. The molecule has 8 heteroatoms. The maximum absolute atomic E-state index is 12.1. The lowest BCUT2D eigenvalue weighted by Gasteiger charge is -2.15. The van der Waals surface area contributed by atoms with Gasteiger partial charge in [0.1, 0.15) is 6.54 Å². The number of esters is 1. The minimum Gasteiger partial charge on any atom is -0.454 e. The second-order valence-corrected chi connectivity index (χ2v) is 6.95. The van der Waals surface area contributed by atoms with Crippen LogP contribution in [0.25, 0.3) is 0 Å². The van der Waals surface area contributed by atoms with E-state index < -0.39 is 11.9 Å². The number of amides is 3. The number of anilines is 1. The van der Waals surface area contributed by atoms with Crippen LogP contribution in [-0.2, 0) is 19.1 Å². The number of unbranched alkanes of at least 4 members (excludes halogenated alkanes) is 3. The molecule has 0 aliphatic carbocycles. The number of hydrogen-bond donors (Lipinski definition) is 2. The van der Waals surface area contributed by atoms with Crippen LogP contribution in [0.2, 0.25) is 0 Å². The molecule has 0 spiro atoms. The molecule has 2 N–H and O–H groups in total. The summed E-state index contributed by atoms with van der Waals surface area (Å²) in [5.41, 5.74) is 1.13. The van der Waals surface area contributed by atoms with Gasteiger partial charge in [0.05, 0.1) is 0 Å².